The van der Waals surface area contributed by atoms with Gasteiger partial charge in [0.05, 0.1) is 7.11 Å². The van der Waals surface area contributed by atoms with Crippen molar-refractivity contribution in [3.05, 3.63) is 132 Å². The van der Waals surface area contributed by atoms with Crippen molar-refractivity contribution in [1.29, 1.82) is 0 Å². The van der Waals surface area contributed by atoms with E-state index in [1.807, 2.05) is 66.7 Å². The molecule has 0 aliphatic rings. The second-order valence-corrected chi connectivity index (χ2v) is 7.28. The predicted molar refractivity (Wildman–Crippen MR) is 126 cm³/mol. The van der Waals surface area contributed by atoms with E-state index in [2.05, 4.69) is 0 Å². The number of methoxy groups -OCH3 is 1. The molecule has 4 heteroatoms. The largest absolute Gasteiger partial charge is 0.497 e. The summed E-state index contributed by atoms with van der Waals surface area (Å²) in [6.07, 6.45) is 0. The molecule has 0 saturated carbocycles. The molecule has 0 heterocycles. The van der Waals surface area contributed by atoms with Gasteiger partial charge >= 0.3 is 0 Å². The Balaban J connectivity index is 1.89. The summed E-state index contributed by atoms with van der Waals surface area (Å²) in [5, 5.41) is 0. The lowest BCUT2D eigenvalue weighted by Crippen LogP contribution is -2.39. The van der Waals surface area contributed by atoms with Crippen LogP contribution in [-0.4, -0.2) is 18.8 Å². The van der Waals surface area contributed by atoms with E-state index < -0.39 is 6.04 Å². The van der Waals surface area contributed by atoms with E-state index in [1.54, 1.807) is 60.5 Å². The summed E-state index contributed by atoms with van der Waals surface area (Å²) in [7, 11) is 1.59. The van der Waals surface area contributed by atoms with Gasteiger partial charge in [-0.15, -0.1) is 0 Å². The highest BCUT2D eigenvalue weighted by atomic mass is 16.5. The Morgan fingerprint density at radius 2 is 1.16 bits per heavy atom. The summed E-state index contributed by atoms with van der Waals surface area (Å²) < 4.78 is 5.29. The molecule has 0 saturated heterocycles. The van der Waals surface area contributed by atoms with Gasteiger partial charge in [0.25, 0.3) is 5.91 Å². The Bertz CT molecular complexity index is 1170. The SMILES string of the molecule is COc1ccc(N(C(=O)c2ccccc2)C(C(=O)c2ccccc2)c2ccccc2)cc1. The zero-order valence-corrected chi connectivity index (χ0v) is 17.7. The van der Waals surface area contributed by atoms with Gasteiger partial charge < -0.3 is 4.74 Å². The quantitative estimate of drug-likeness (QED) is 0.346. The minimum absolute atomic E-state index is 0.156. The fraction of sp³-hybridized carbons (Fsp3) is 0.0714. The maximum Gasteiger partial charge on any atom is 0.259 e. The van der Waals surface area contributed by atoms with E-state index in [0.717, 1.165) is 5.56 Å². The van der Waals surface area contributed by atoms with Crippen molar-refractivity contribution in [1.82, 2.24) is 0 Å². The van der Waals surface area contributed by atoms with Gasteiger partial charge in [-0.1, -0.05) is 78.9 Å². The normalized spacial score (nSPS) is 11.4. The Morgan fingerprint density at radius 1 is 0.656 bits per heavy atom. The van der Waals surface area contributed by atoms with Crippen LogP contribution in [0.25, 0.3) is 0 Å². The first-order valence-electron chi connectivity index (χ1n) is 10.4. The Hall–Kier alpha value is -4.18. The molecule has 4 nitrogen and oxygen atoms in total. The molecule has 0 aliphatic heterocycles. The van der Waals surface area contributed by atoms with Crippen LogP contribution in [0.1, 0.15) is 32.3 Å². The third-order valence-corrected chi connectivity index (χ3v) is 5.27. The molecule has 0 spiro atoms. The Labute approximate surface area is 187 Å². The summed E-state index contributed by atoms with van der Waals surface area (Å²) in [5.74, 6) is 0.261. The number of amides is 1. The van der Waals surface area contributed by atoms with Crippen LogP contribution in [0, 0.1) is 0 Å². The van der Waals surface area contributed by atoms with Crippen molar-refractivity contribution in [2.24, 2.45) is 0 Å². The van der Waals surface area contributed by atoms with Crippen molar-refractivity contribution in [3.8, 4) is 5.75 Å². The topological polar surface area (TPSA) is 46.6 Å². The van der Waals surface area contributed by atoms with Gasteiger partial charge in [-0.3, -0.25) is 14.5 Å². The first kappa shape index (κ1) is 21.1. The van der Waals surface area contributed by atoms with Crippen LogP contribution < -0.4 is 9.64 Å². The maximum absolute atomic E-state index is 13.8. The fourth-order valence-electron chi connectivity index (χ4n) is 3.66. The molecule has 0 aliphatic carbocycles. The number of benzene rings is 4. The first-order valence-corrected chi connectivity index (χ1v) is 10.4. The molecule has 4 aromatic carbocycles. The summed E-state index contributed by atoms with van der Waals surface area (Å²) >= 11 is 0. The summed E-state index contributed by atoms with van der Waals surface area (Å²) in [6.45, 7) is 0. The molecule has 0 bridgehead atoms. The van der Waals surface area contributed by atoms with Crippen LogP contribution in [0.5, 0.6) is 5.75 Å². The number of carbonyl (C=O) groups excluding carboxylic acids is 2. The highest BCUT2D eigenvalue weighted by molar-refractivity contribution is 6.13. The zero-order valence-electron chi connectivity index (χ0n) is 17.7. The van der Waals surface area contributed by atoms with Crippen molar-refractivity contribution < 1.29 is 14.3 Å². The molecule has 158 valence electrons. The number of carbonyl (C=O) groups is 2. The lowest BCUT2D eigenvalue weighted by Gasteiger charge is -2.32. The second kappa shape index (κ2) is 9.75. The van der Waals surface area contributed by atoms with Gasteiger partial charge in [-0.05, 0) is 42.0 Å². The molecule has 0 N–H and O–H groups in total. The number of ether oxygens (including phenoxy) is 1. The average molecular weight is 421 g/mol. The number of nitrogens with zero attached hydrogens (tertiary/aromatic N) is 1. The first-order chi connectivity index (χ1) is 15.7. The molecule has 0 fully saturated rings. The summed E-state index contributed by atoms with van der Waals surface area (Å²) in [4.78, 5) is 29.2. The second-order valence-electron chi connectivity index (χ2n) is 7.28. The van der Waals surface area contributed by atoms with E-state index in [9.17, 15) is 9.59 Å². The third kappa shape index (κ3) is 4.44. The highest BCUT2D eigenvalue weighted by Crippen LogP contribution is 2.33. The zero-order chi connectivity index (χ0) is 22.3. The van der Waals surface area contributed by atoms with E-state index in [-0.39, 0.29) is 11.7 Å². The fourth-order valence-corrected chi connectivity index (χ4v) is 3.66. The van der Waals surface area contributed by atoms with Gasteiger partial charge in [0.2, 0.25) is 0 Å². The molecule has 0 aromatic heterocycles. The van der Waals surface area contributed by atoms with Gasteiger partial charge in [0.1, 0.15) is 11.8 Å². The molecular formula is C28H23NO3. The molecule has 1 amide bonds. The molecule has 1 unspecified atom stereocenters. The molecule has 32 heavy (non-hydrogen) atoms. The van der Waals surface area contributed by atoms with Gasteiger partial charge in [0.15, 0.2) is 5.78 Å². The smallest absolute Gasteiger partial charge is 0.259 e. The van der Waals surface area contributed by atoms with Crippen LogP contribution in [0.4, 0.5) is 5.69 Å². The minimum atomic E-state index is -0.834. The monoisotopic (exact) mass is 421 g/mol. The van der Waals surface area contributed by atoms with Crippen LogP contribution in [0.15, 0.2) is 115 Å². The number of Topliss-reactive ketones (excluding diaryl/α,β-unsaturated/α-hetero) is 1. The van der Waals surface area contributed by atoms with Crippen LogP contribution in [-0.2, 0) is 0 Å². The van der Waals surface area contributed by atoms with E-state index in [0.29, 0.717) is 22.6 Å². The Morgan fingerprint density at radius 3 is 1.69 bits per heavy atom. The minimum Gasteiger partial charge on any atom is -0.497 e. The molecular weight excluding hydrogens is 398 g/mol. The standard InChI is InChI=1S/C28H23NO3/c1-32-25-19-17-24(18-20-25)29(28(31)23-15-9-4-10-16-23)26(21-11-5-2-6-12-21)27(30)22-13-7-3-8-14-22/h2-20,26H,1H3. The average Bonchev–Trinajstić information content (AvgIpc) is 2.88. The number of anilines is 1. The number of ketones is 1. The van der Waals surface area contributed by atoms with E-state index in [1.165, 1.54) is 0 Å². The van der Waals surface area contributed by atoms with Gasteiger partial charge in [-0.25, -0.2) is 0 Å². The molecule has 4 rings (SSSR count). The predicted octanol–water partition coefficient (Wildman–Crippen LogP) is 5.97. The van der Waals surface area contributed by atoms with Crippen molar-refractivity contribution >= 4 is 17.4 Å². The van der Waals surface area contributed by atoms with Gasteiger partial charge in [-0.2, -0.15) is 0 Å². The van der Waals surface area contributed by atoms with Crippen molar-refractivity contribution in [2.75, 3.05) is 12.0 Å². The number of rotatable bonds is 7. The van der Waals surface area contributed by atoms with Crippen LogP contribution in [0.3, 0.4) is 0 Å². The third-order valence-electron chi connectivity index (χ3n) is 5.27. The van der Waals surface area contributed by atoms with Crippen molar-refractivity contribution in [2.45, 2.75) is 6.04 Å². The summed E-state index contributed by atoms with van der Waals surface area (Å²) in [6, 6.07) is 33.8. The number of hydrogen-bond donors (Lipinski definition) is 0. The lowest BCUT2D eigenvalue weighted by atomic mass is 9.94. The Kier molecular flexibility index (Phi) is 6.42. The van der Waals surface area contributed by atoms with E-state index in [4.69, 9.17) is 4.74 Å². The van der Waals surface area contributed by atoms with Gasteiger partial charge in [0, 0.05) is 16.8 Å². The summed E-state index contributed by atoms with van der Waals surface area (Å²) in [5.41, 5.74) is 2.39. The highest BCUT2D eigenvalue weighted by Gasteiger charge is 2.33. The maximum atomic E-state index is 13.8. The van der Waals surface area contributed by atoms with E-state index >= 15 is 0 Å². The lowest BCUT2D eigenvalue weighted by molar-refractivity contribution is 0.0896. The number of hydrogen-bond acceptors (Lipinski definition) is 3. The molecule has 1 atom stereocenters. The molecule has 4 aromatic rings. The van der Waals surface area contributed by atoms with Crippen LogP contribution in [0.2, 0.25) is 0 Å². The van der Waals surface area contributed by atoms with Crippen LogP contribution >= 0.6 is 0 Å². The molecule has 0 radical (unpaired) electrons. The van der Waals surface area contributed by atoms with Crippen molar-refractivity contribution in [3.63, 3.8) is 0 Å².